The van der Waals surface area contributed by atoms with Gasteiger partial charge in [0, 0.05) is 57.5 Å². The molecule has 0 aromatic carbocycles. The van der Waals surface area contributed by atoms with Gasteiger partial charge in [0.05, 0.1) is 36.4 Å². The number of cyclic esters (lactones) is 1. The molecule has 3 rings (SSSR count). The van der Waals surface area contributed by atoms with E-state index in [1.165, 1.54) is 7.11 Å². The van der Waals surface area contributed by atoms with Gasteiger partial charge in [0.2, 0.25) is 0 Å². The summed E-state index contributed by atoms with van der Waals surface area (Å²) in [6.45, 7) is 12.3. The van der Waals surface area contributed by atoms with Crippen molar-refractivity contribution in [1.29, 1.82) is 0 Å². The van der Waals surface area contributed by atoms with Gasteiger partial charge in [0.1, 0.15) is 11.7 Å². The molecule has 3 heterocycles. The number of esters is 1. The topological polar surface area (TPSA) is 188 Å². The van der Waals surface area contributed by atoms with Gasteiger partial charge in [0.15, 0.2) is 6.10 Å². The highest BCUT2D eigenvalue weighted by Gasteiger charge is 2.47. The number of rotatable bonds is 13. The first-order valence-electron chi connectivity index (χ1n) is 17.9. The van der Waals surface area contributed by atoms with Crippen LogP contribution in [0.15, 0.2) is 36.0 Å². The number of aliphatic hydroxyl groups is 3. The number of carboxylic acids is 1. The van der Waals surface area contributed by atoms with Crippen LogP contribution in [0.25, 0.3) is 0 Å². The summed E-state index contributed by atoms with van der Waals surface area (Å²) >= 11 is 0. The molecule has 50 heavy (non-hydrogen) atoms. The van der Waals surface area contributed by atoms with Crippen LogP contribution in [0.4, 0.5) is 4.79 Å². The lowest BCUT2D eigenvalue weighted by Crippen LogP contribution is -2.54. The van der Waals surface area contributed by atoms with E-state index in [9.17, 15) is 29.7 Å². The molecular weight excluding hydrogens is 648 g/mol. The fourth-order valence-electron chi connectivity index (χ4n) is 6.67. The number of nitrogens with zero attached hydrogens (tertiary/aromatic N) is 1. The van der Waals surface area contributed by atoms with E-state index in [0.29, 0.717) is 44.5 Å². The first-order valence-corrected chi connectivity index (χ1v) is 17.9. The summed E-state index contributed by atoms with van der Waals surface area (Å²) in [7, 11) is 1.51. The Morgan fingerprint density at radius 1 is 1.30 bits per heavy atom. The van der Waals surface area contributed by atoms with Gasteiger partial charge >= 0.3 is 18.0 Å². The minimum atomic E-state index is -1.17. The van der Waals surface area contributed by atoms with Crippen molar-refractivity contribution >= 4 is 18.0 Å². The van der Waals surface area contributed by atoms with E-state index in [1.807, 2.05) is 33.8 Å². The second kappa shape index (κ2) is 18.6. The molecule has 3 aliphatic heterocycles. The number of amides is 1. The van der Waals surface area contributed by atoms with Gasteiger partial charge in [-0.2, -0.15) is 0 Å². The van der Waals surface area contributed by atoms with E-state index in [4.69, 9.17) is 24.1 Å². The van der Waals surface area contributed by atoms with Gasteiger partial charge in [0.25, 0.3) is 0 Å². The Labute approximate surface area is 296 Å². The third-order valence-corrected chi connectivity index (χ3v) is 10.3. The molecule has 284 valence electrons. The second-order valence-corrected chi connectivity index (χ2v) is 14.7. The number of methoxy groups -OCH3 is 1. The average Bonchev–Trinajstić information content (AvgIpc) is 3.83. The number of piperazine rings is 1. The monoisotopic (exact) mass is 708 g/mol. The summed E-state index contributed by atoms with van der Waals surface area (Å²) in [6, 6.07) is -0.173. The number of carbonyl (C=O) groups excluding carboxylic acids is 2. The Bertz CT molecular complexity index is 1240. The number of carbonyl (C=O) groups is 3. The average molecular weight is 709 g/mol. The van der Waals surface area contributed by atoms with Crippen molar-refractivity contribution in [3.05, 3.63) is 36.0 Å². The van der Waals surface area contributed by atoms with E-state index in [1.54, 1.807) is 43.1 Å². The van der Waals surface area contributed by atoms with E-state index in [-0.39, 0.29) is 55.8 Å². The number of hydrogen-bond acceptors (Lipinski definition) is 11. The smallest absolute Gasteiger partial charge is 0.410 e. The number of nitrogens with one attached hydrogen (secondary N) is 1. The van der Waals surface area contributed by atoms with Crippen LogP contribution in [0.5, 0.6) is 0 Å². The number of allylic oxidation sites excluding steroid dienone is 2. The van der Waals surface area contributed by atoms with Crippen molar-refractivity contribution in [2.45, 2.75) is 140 Å². The molecule has 2 fully saturated rings. The SMILES string of the molecule is CC[C@@H](O)[C@@H](C)[C@H]1O[C@@H]1CC(C)(O)/C=C/C=C(\C)[C@H]1OC(=O)C[C@@H](O)CC[C@](C)(OC)[C@@H](OC(=O)N2CCNC(CCC(=O)O)C2)/C=C/[C@@H]1C. The van der Waals surface area contributed by atoms with Crippen LogP contribution in [-0.2, 0) is 28.5 Å². The lowest BCUT2D eigenvalue weighted by atomic mass is 9.88. The fraction of sp³-hybridized carbons (Fsp3) is 0.757. The highest BCUT2D eigenvalue weighted by Crippen LogP contribution is 2.37. The van der Waals surface area contributed by atoms with Gasteiger partial charge in [-0.25, -0.2) is 4.79 Å². The zero-order valence-electron chi connectivity index (χ0n) is 30.7. The molecule has 0 radical (unpaired) electrons. The predicted molar refractivity (Wildman–Crippen MR) is 186 cm³/mol. The van der Waals surface area contributed by atoms with Crippen LogP contribution in [0.3, 0.4) is 0 Å². The largest absolute Gasteiger partial charge is 0.481 e. The number of hydrogen-bond donors (Lipinski definition) is 5. The minimum absolute atomic E-state index is 0.0112. The molecular formula is C37H60N2O11. The first-order chi connectivity index (χ1) is 23.5. The van der Waals surface area contributed by atoms with Crippen molar-refractivity contribution in [1.82, 2.24) is 10.2 Å². The molecule has 11 atom stereocenters. The number of aliphatic carboxylic acids is 1. The Morgan fingerprint density at radius 3 is 2.68 bits per heavy atom. The zero-order valence-corrected chi connectivity index (χ0v) is 30.7. The fourth-order valence-corrected chi connectivity index (χ4v) is 6.67. The maximum Gasteiger partial charge on any atom is 0.410 e. The van der Waals surface area contributed by atoms with Crippen molar-refractivity contribution < 1.29 is 53.8 Å². The lowest BCUT2D eigenvalue weighted by Gasteiger charge is -2.38. The van der Waals surface area contributed by atoms with E-state index in [0.717, 1.165) is 0 Å². The molecule has 1 amide bonds. The molecule has 2 saturated heterocycles. The molecule has 13 heteroatoms. The third kappa shape index (κ3) is 12.4. The number of aliphatic hydroxyl groups excluding tert-OH is 2. The first kappa shape index (κ1) is 41.6. The molecule has 3 aliphatic rings. The van der Waals surface area contributed by atoms with E-state index >= 15 is 0 Å². The normalized spacial score (nSPS) is 34.4. The zero-order chi connectivity index (χ0) is 37.2. The van der Waals surface area contributed by atoms with Gasteiger partial charge in [-0.1, -0.05) is 45.1 Å². The summed E-state index contributed by atoms with van der Waals surface area (Å²) in [6.07, 6.45) is 6.52. The molecule has 13 nitrogen and oxygen atoms in total. The summed E-state index contributed by atoms with van der Waals surface area (Å²) in [5, 5.41) is 44.3. The Kier molecular flexibility index (Phi) is 15.5. The van der Waals surface area contributed by atoms with Crippen LogP contribution >= 0.6 is 0 Å². The second-order valence-electron chi connectivity index (χ2n) is 14.7. The summed E-state index contributed by atoms with van der Waals surface area (Å²) in [5.41, 5.74) is -1.50. The minimum Gasteiger partial charge on any atom is -0.481 e. The Morgan fingerprint density at radius 2 is 2.02 bits per heavy atom. The van der Waals surface area contributed by atoms with Crippen LogP contribution in [0.2, 0.25) is 0 Å². The molecule has 0 bridgehead atoms. The number of ether oxygens (including phenoxy) is 4. The van der Waals surface area contributed by atoms with Gasteiger partial charge in [-0.15, -0.1) is 0 Å². The standard InChI is InChI=1S/C37H60N2O11/c1-8-28(41)25(4)34-29(48-34)21-36(5,46)16-9-10-23(2)33-24(3)11-13-30(37(6,47-7)17-15-27(40)20-32(44)50-33)49-35(45)39-19-18-38-26(22-39)12-14-31(42)43/h9-11,13,16,24-30,33-34,38,40-41,46H,8,12,14-15,17-22H2,1-7H3,(H,42,43)/b13-11+,16-9+,23-10+/t24-,25+,26?,27-,28+,29+,30-,33+,34+,36?,37-/m0/s1. The van der Waals surface area contributed by atoms with Gasteiger partial charge < -0.3 is 49.6 Å². The maximum atomic E-state index is 13.5. The molecule has 0 aromatic heterocycles. The molecule has 0 saturated carbocycles. The van der Waals surface area contributed by atoms with Gasteiger partial charge in [-0.05, 0) is 58.1 Å². The predicted octanol–water partition coefficient (Wildman–Crippen LogP) is 3.50. The molecule has 0 spiro atoms. The van der Waals surface area contributed by atoms with E-state index in [2.05, 4.69) is 5.32 Å². The molecule has 5 N–H and O–H groups in total. The van der Waals surface area contributed by atoms with Crippen LogP contribution in [-0.4, -0.2) is 124 Å². The van der Waals surface area contributed by atoms with Gasteiger partial charge in [-0.3, -0.25) is 9.59 Å². The van der Waals surface area contributed by atoms with Crippen LogP contribution in [0.1, 0.15) is 86.5 Å². The summed E-state index contributed by atoms with van der Waals surface area (Å²) in [5.74, 6) is -1.85. The third-order valence-electron chi connectivity index (χ3n) is 10.3. The number of epoxide rings is 1. The summed E-state index contributed by atoms with van der Waals surface area (Å²) < 4.78 is 23.6. The van der Waals surface area contributed by atoms with Crippen molar-refractivity contribution in [3.63, 3.8) is 0 Å². The highest BCUT2D eigenvalue weighted by molar-refractivity contribution is 5.70. The highest BCUT2D eigenvalue weighted by atomic mass is 16.6. The molecule has 0 aromatic rings. The quantitative estimate of drug-likeness (QED) is 0.0813. The van der Waals surface area contributed by atoms with Crippen molar-refractivity contribution in [2.24, 2.45) is 11.8 Å². The lowest BCUT2D eigenvalue weighted by molar-refractivity contribution is -0.151. The Balaban J connectivity index is 1.77. The summed E-state index contributed by atoms with van der Waals surface area (Å²) in [4.78, 5) is 39.0. The van der Waals surface area contributed by atoms with Crippen molar-refractivity contribution in [2.75, 3.05) is 26.7 Å². The number of carboxylic acid groups (broad SMARTS) is 1. The Hall–Kier alpha value is -2.81. The maximum absolute atomic E-state index is 13.5. The molecule has 0 aliphatic carbocycles. The van der Waals surface area contributed by atoms with Crippen LogP contribution < -0.4 is 5.32 Å². The molecule has 2 unspecified atom stereocenters. The van der Waals surface area contributed by atoms with Crippen LogP contribution in [0, 0.1) is 11.8 Å². The van der Waals surface area contributed by atoms with E-state index < -0.39 is 53.6 Å². The van der Waals surface area contributed by atoms with Crippen molar-refractivity contribution in [3.8, 4) is 0 Å².